The summed E-state index contributed by atoms with van der Waals surface area (Å²) in [4.78, 5) is 11.3. The molecule has 0 aliphatic carbocycles. The molecule has 2 heterocycles. The Morgan fingerprint density at radius 1 is 1.24 bits per heavy atom. The first kappa shape index (κ1) is 13.4. The second kappa shape index (κ2) is 5.05. The van der Waals surface area contributed by atoms with Gasteiger partial charge >= 0.3 is 5.97 Å². The third-order valence-corrected chi connectivity index (χ3v) is 3.46. The lowest BCUT2D eigenvalue weighted by atomic mass is 10.2. The van der Waals surface area contributed by atoms with Crippen molar-refractivity contribution in [1.82, 2.24) is 19.6 Å². The Hall–Kier alpha value is -2.63. The van der Waals surface area contributed by atoms with Crippen LogP contribution in [0.25, 0.3) is 10.9 Å². The third-order valence-electron chi connectivity index (χ3n) is 3.46. The molecular formula is C15H16N4O2. The first-order valence-electron chi connectivity index (χ1n) is 6.82. The van der Waals surface area contributed by atoms with E-state index in [1.54, 1.807) is 10.7 Å². The van der Waals surface area contributed by atoms with Crippen molar-refractivity contribution in [3.63, 3.8) is 0 Å². The molecule has 6 heteroatoms. The van der Waals surface area contributed by atoms with Gasteiger partial charge in [-0.1, -0.05) is 18.2 Å². The van der Waals surface area contributed by atoms with Gasteiger partial charge in [-0.15, -0.1) is 0 Å². The number of carboxylic acid groups (broad SMARTS) is 1. The Morgan fingerprint density at radius 3 is 2.71 bits per heavy atom. The van der Waals surface area contributed by atoms with Crippen molar-refractivity contribution in [1.29, 1.82) is 0 Å². The van der Waals surface area contributed by atoms with E-state index in [1.165, 1.54) is 0 Å². The number of aromatic nitrogens is 4. The molecule has 0 saturated carbocycles. The SMILES string of the molecule is CCn1nc(C)cc1Cn1nc(C(=O)O)c2ccccc21. The Kier molecular flexibility index (Phi) is 3.21. The molecule has 0 aliphatic heterocycles. The number of nitrogens with zero attached hydrogens (tertiary/aromatic N) is 4. The lowest BCUT2D eigenvalue weighted by Gasteiger charge is -2.05. The highest BCUT2D eigenvalue weighted by Crippen LogP contribution is 2.19. The number of hydrogen-bond donors (Lipinski definition) is 1. The van der Waals surface area contributed by atoms with E-state index in [9.17, 15) is 9.90 Å². The molecule has 0 bridgehead atoms. The summed E-state index contributed by atoms with van der Waals surface area (Å²) in [5.74, 6) is -1.01. The van der Waals surface area contributed by atoms with Crippen molar-refractivity contribution >= 4 is 16.9 Å². The molecule has 0 aliphatic rings. The molecule has 0 radical (unpaired) electrons. The number of hydrogen-bond acceptors (Lipinski definition) is 3. The van der Waals surface area contributed by atoms with Gasteiger partial charge in [0, 0.05) is 11.9 Å². The molecule has 21 heavy (non-hydrogen) atoms. The van der Waals surface area contributed by atoms with Crippen molar-refractivity contribution in [3.05, 3.63) is 47.4 Å². The van der Waals surface area contributed by atoms with Crippen LogP contribution >= 0.6 is 0 Å². The third kappa shape index (κ3) is 2.29. The highest BCUT2D eigenvalue weighted by atomic mass is 16.4. The fraction of sp³-hybridized carbons (Fsp3) is 0.267. The minimum atomic E-state index is -1.01. The molecule has 0 unspecified atom stereocenters. The van der Waals surface area contributed by atoms with Gasteiger partial charge in [-0.05, 0) is 26.0 Å². The maximum atomic E-state index is 11.3. The van der Waals surface area contributed by atoms with Gasteiger partial charge in [-0.2, -0.15) is 10.2 Å². The summed E-state index contributed by atoms with van der Waals surface area (Å²) in [5.41, 5.74) is 2.86. The van der Waals surface area contributed by atoms with Crippen molar-refractivity contribution in [3.8, 4) is 0 Å². The van der Waals surface area contributed by atoms with Gasteiger partial charge in [0.1, 0.15) is 0 Å². The second-order valence-corrected chi connectivity index (χ2v) is 4.92. The molecule has 3 rings (SSSR count). The molecule has 108 valence electrons. The summed E-state index contributed by atoms with van der Waals surface area (Å²) in [7, 11) is 0. The molecule has 3 aromatic rings. The Balaban J connectivity index is 2.10. The monoisotopic (exact) mass is 284 g/mol. The molecule has 0 saturated heterocycles. The molecule has 0 amide bonds. The predicted molar refractivity (Wildman–Crippen MR) is 78.4 cm³/mol. The summed E-state index contributed by atoms with van der Waals surface area (Å²) in [6, 6.07) is 9.37. The molecule has 2 aromatic heterocycles. The number of fused-ring (bicyclic) bond motifs is 1. The number of carboxylic acids is 1. The van der Waals surface area contributed by atoms with Gasteiger partial charge in [-0.3, -0.25) is 9.36 Å². The summed E-state index contributed by atoms with van der Waals surface area (Å²) >= 11 is 0. The van der Waals surface area contributed by atoms with Crippen LogP contribution in [0.15, 0.2) is 30.3 Å². The molecule has 1 N–H and O–H groups in total. The van der Waals surface area contributed by atoms with Gasteiger partial charge in [0.15, 0.2) is 5.69 Å². The first-order chi connectivity index (χ1) is 10.1. The topological polar surface area (TPSA) is 72.9 Å². The smallest absolute Gasteiger partial charge is 0.357 e. The van der Waals surface area contributed by atoms with E-state index >= 15 is 0 Å². The summed E-state index contributed by atoms with van der Waals surface area (Å²) in [6.07, 6.45) is 0. The Labute approximate surface area is 121 Å². The first-order valence-corrected chi connectivity index (χ1v) is 6.82. The number of aryl methyl sites for hydroxylation is 2. The number of rotatable bonds is 4. The van der Waals surface area contributed by atoms with Crippen LogP contribution in [0.2, 0.25) is 0 Å². The highest BCUT2D eigenvalue weighted by molar-refractivity contribution is 6.01. The quantitative estimate of drug-likeness (QED) is 0.798. The van der Waals surface area contributed by atoms with Crippen LogP contribution in [0.3, 0.4) is 0 Å². The molecular weight excluding hydrogens is 268 g/mol. The zero-order valence-electron chi connectivity index (χ0n) is 11.9. The zero-order chi connectivity index (χ0) is 15.0. The lowest BCUT2D eigenvalue weighted by molar-refractivity contribution is 0.0691. The van der Waals surface area contributed by atoms with E-state index in [1.807, 2.05) is 42.8 Å². The van der Waals surface area contributed by atoms with E-state index in [-0.39, 0.29) is 5.69 Å². The minimum absolute atomic E-state index is 0.0879. The van der Waals surface area contributed by atoms with E-state index in [2.05, 4.69) is 10.2 Å². The van der Waals surface area contributed by atoms with Crippen LogP contribution in [0.5, 0.6) is 0 Å². The van der Waals surface area contributed by atoms with Crippen molar-refractivity contribution in [2.75, 3.05) is 0 Å². The standard InChI is InChI=1S/C15H16N4O2/c1-3-18-11(8-10(2)16-18)9-19-13-7-5-4-6-12(13)14(17-19)15(20)21/h4-8H,3,9H2,1-2H3,(H,20,21). The number of aromatic carboxylic acids is 1. The van der Waals surface area contributed by atoms with Gasteiger partial charge in [0.05, 0.1) is 23.4 Å². The van der Waals surface area contributed by atoms with Crippen LogP contribution in [-0.2, 0) is 13.1 Å². The second-order valence-electron chi connectivity index (χ2n) is 4.92. The average Bonchev–Trinajstić information content (AvgIpc) is 3.00. The van der Waals surface area contributed by atoms with Crippen molar-refractivity contribution in [2.24, 2.45) is 0 Å². The molecule has 1 aromatic carbocycles. The highest BCUT2D eigenvalue weighted by Gasteiger charge is 2.16. The molecule has 0 spiro atoms. The molecule has 0 fully saturated rings. The lowest BCUT2D eigenvalue weighted by Crippen LogP contribution is -2.09. The fourth-order valence-corrected chi connectivity index (χ4v) is 2.56. The predicted octanol–water partition coefficient (Wildman–Crippen LogP) is 2.31. The van der Waals surface area contributed by atoms with E-state index in [0.717, 1.165) is 23.4 Å². The maximum absolute atomic E-state index is 11.3. The van der Waals surface area contributed by atoms with Crippen LogP contribution in [0.4, 0.5) is 0 Å². The maximum Gasteiger partial charge on any atom is 0.357 e. The fourth-order valence-electron chi connectivity index (χ4n) is 2.56. The number of carbonyl (C=O) groups is 1. The summed E-state index contributed by atoms with van der Waals surface area (Å²) in [6.45, 7) is 5.25. The van der Waals surface area contributed by atoms with Crippen LogP contribution in [0.1, 0.15) is 28.8 Å². The molecule has 6 nitrogen and oxygen atoms in total. The van der Waals surface area contributed by atoms with Gasteiger partial charge in [0.2, 0.25) is 0 Å². The molecule has 0 atom stereocenters. The minimum Gasteiger partial charge on any atom is -0.476 e. The van der Waals surface area contributed by atoms with E-state index < -0.39 is 5.97 Å². The van der Waals surface area contributed by atoms with E-state index in [4.69, 9.17) is 0 Å². The Bertz CT molecular complexity index is 816. The van der Waals surface area contributed by atoms with Crippen LogP contribution in [0, 0.1) is 6.92 Å². The van der Waals surface area contributed by atoms with Gasteiger partial charge in [0.25, 0.3) is 0 Å². The van der Waals surface area contributed by atoms with Crippen LogP contribution < -0.4 is 0 Å². The summed E-state index contributed by atoms with van der Waals surface area (Å²) < 4.78 is 3.63. The largest absolute Gasteiger partial charge is 0.476 e. The Morgan fingerprint density at radius 2 is 2.00 bits per heavy atom. The van der Waals surface area contributed by atoms with Crippen molar-refractivity contribution in [2.45, 2.75) is 26.9 Å². The van der Waals surface area contributed by atoms with E-state index in [0.29, 0.717) is 11.9 Å². The summed E-state index contributed by atoms with van der Waals surface area (Å²) in [5, 5.41) is 18.6. The zero-order valence-corrected chi connectivity index (χ0v) is 11.9. The van der Waals surface area contributed by atoms with Crippen LogP contribution in [-0.4, -0.2) is 30.6 Å². The van der Waals surface area contributed by atoms with Gasteiger partial charge in [-0.25, -0.2) is 4.79 Å². The number of benzene rings is 1. The number of para-hydroxylation sites is 1. The van der Waals surface area contributed by atoms with Gasteiger partial charge < -0.3 is 5.11 Å². The normalized spacial score (nSPS) is 11.1. The van der Waals surface area contributed by atoms with Crippen molar-refractivity contribution < 1.29 is 9.90 Å². The average molecular weight is 284 g/mol.